The van der Waals surface area contributed by atoms with E-state index in [2.05, 4.69) is 0 Å². The van der Waals surface area contributed by atoms with Crippen LogP contribution in [0.3, 0.4) is 0 Å². The molecule has 3 heteroatoms. The van der Waals surface area contributed by atoms with Crippen LogP contribution in [-0.2, 0) is 4.79 Å². The normalized spacial score (nSPS) is 33.8. The molecule has 1 rings (SSSR count). The van der Waals surface area contributed by atoms with Gasteiger partial charge in [0, 0.05) is 5.92 Å². The van der Waals surface area contributed by atoms with Gasteiger partial charge in [-0.15, -0.1) is 0 Å². The van der Waals surface area contributed by atoms with E-state index >= 15 is 0 Å². The molecule has 0 aliphatic heterocycles. The predicted octanol–water partition coefficient (Wildman–Crippen LogP) is 1.30. The second kappa shape index (κ2) is 3.35. The summed E-state index contributed by atoms with van der Waals surface area (Å²) >= 11 is 5.28. The van der Waals surface area contributed by atoms with E-state index in [0.717, 1.165) is 25.7 Å². The molecule has 0 saturated heterocycles. The van der Waals surface area contributed by atoms with Crippen molar-refractivity contribution >= 4 is 16.8 Å². The summed E-state index contributed by atoms with van der Waals surface area (Å²) in [5.41, 5.74) is 0. The van der Waals surface area contributed by atoms with Crippen LogP contribution in [0, 0.1) is 5.92 Å². The number of carbonyl (C=O) groups is 1. The number of carbonyl (C=O) groups excluding carboxylic acids is 1. The van der Waals surface area contributed by atoms with E-state index in [1.807, 2.05) is 0 Å². The maximum Gasteiger partial charge on any atom is 0.224 e. The molecule has 58 valence electrons. The van der Waals surface area contributed by atoms with Gasteiger partial charge in [0.05, 0.1) is 6.10 Å². The Morgan fingerprint density at radius 2 is 1.80 bits per heavy atom. The summed E-state index contributed by atoms with van der Waals surface area (Å²) in [5.74, 6) is 0.00469. The lowest BCUT2D eigenvalue weighted by atomic mass is 9.88. The lowest BCUT2D eigenvalue weighted by molar-refractivity contribution is -0.116. The van der Waals surface area contributed by atoms with Crippen LogP contribution in [0.4, 0.5) is 0 Å². The van der Waals surface area contributed by atoms with Crippen molar-refractivity contribution in [3.8, 4) is 0 Å². The van der Waals surface area contributed by atoms with E-state index in [-0.39, 0.29) is 17.3 Å². The third-order valence-electron chi connectivity index (χ3n) is 2.02. The van der Waals surface area contributed by atoms with Crippen LogP contribution in [0.5, 0.6) is 0 Å². The molecular formula is C7H11ClO2. The minimum Gasteiger partial charge on any atom is -0.393 e. The molecule has 1 N–H and O–H groups in total. The van der Waals surface area contributed by atoms with E-state index in [0.29, 0.717) is 0 Å². The molecule has 10 heavy (non-hydrogen) atoms. The van der Waals surface area contributed by atoms with Crippen LogP contribution in [0.2, 0.25) is 0 Å². The van der Waals surface area contributed by atoms with Gasteiger partial charge in [-0.3, -0.25) is 4.79 Å². The fourth-order valence-electron chi connectivity index (χ4n) is 1.30. The van der Waals surface area contributed by atoms with Gasteiger partial charge in [-0.1, -0.05) is 0 Å². The molecule has 0 spiro atoms. The minimum atomic E-state index is -0.244. The van der Waals surface area contributed by atoms with E-state index < -0.39 is 0 Å². The standard InChI is InChI=1S/C7H11ClO2/c8-7(10)5-1-3-6(9)4-2-5/h5-6,9H,1-4H2/t5-,6-. The van der Waals surface area contributed by atoms with Crippen LogP contribution in [0.25, 0.3) is 0 Å². The fourth-order valence-corrected chi connectivity index (χ4v) is 1.52. The summed E-state index contributed by atoms with van der Waals surface area (Å²) in [6.45, 7) is 0. The Morgan fingerprint density at radius 1 is 1.30 bits per heavy atom. The highest BCUT2D eigenvalue weighted by Gasteiger charge is 2.23. The lowest BCUT2D eigenvalue weighted by Gasteiger charge is -2.21. The van der Waals surface area contributed by atoms with Crippen LogP contribution in [-0.4, -0.2) is 16.5 Å². The molecule has 0 heterocycles. The molecule has 0 aromatic heterocycles. The highest BCUT2D eigenvalue weighted by atomic mass is 35.5. The van der Waals surface area contributed by atoms with Gasteiger partial charge in [-0.2, -0.15) is 0 Å². The Hall–Kier alpha value is -0.0800. The zero-order chi connectivity index (χ0) is 7.56. The summed E-state index contributed by atoms with van der Waals surface area (Å²) in [4.78, 5) is 10.6. The van der Waals surface area contributed by atoms with Crippen molar-refractivity contribution < 1.29 is 9.90 Å². The van der Waals surface area contributed by atoms with E-state index in [1.54, 1.807) is 0 Å². The number of hydrogen-bond donors (Lipinski definition) is 1. The third kappa shape index (κ3) is 1.96. The number of aliphatic hydroxyl groups excluding tert-OH is 1. The molecule has 1 aliphatic rings. The van der Waals surface area contributed by atoms with Crippen molar-refractivity contribution in [1.82, 2.24) is 0 Å². The molecule has 1 fully saturated rings. The first-order valence-electron chi connectivity index (χ1n) is 3.57. The predicted molar refractivity (Wildman–Crippen MR) is 38.8 cm³/mol. The maximum absolute atomic E-state index is 10.6. The average Bonchev–Trinajstić information content (AvgIpc) is 1.88. The van der Waals surface area contributed by atoms with Crippen molar-refractivity contribution in [2.75, 3.05) is 0 Å². The van der Waals surface area contributed by atoms with Gasteiger partial charge < -0.3 is 5.11 Å². The Labute approximate surface area is 65.2 Å². The van der Waals surface area contributed by atoms with E-state index in [4.69, 9.17) is 16.7 Å². The second-order valence-electron chi connectivity index (χ2n) is 2.81. The van der Waals surface area contributed by atoms with Gasteiger partial charge in [0.1, 0.15) is 0 Å². The van der Waals surface area contributed by atoms with Gasteiger partial charge in [-0.05, 0) is 37.3 Å². The smallest absolute Gasteiger partial charge is 0.224 e. The third-order valence-corrected chi connectivity index (χ3v) is 2.33. The van der Waals surface area contributed by atoms with Crippen molar-refractivity contribution in [3.05, 3.63) is 0 Å². The lowest BCUT2D eigenvalue weighted by Crippen LogP contribution is -2.21. The molecule has 0 atom stereocenters. The highest BCUT2D eigenvalue weighted by molar-refractivity contribution is 6.63. The highest BCUT2D eigenvalue weighted by Crippen LogP contribution is 2.25. The second-order valence-corrected chi connectivity index (χ2v) is 3.18. The molecule has 1 aliphatic carbocycles. The zero-order valence-corrected chi connectivity index (χ0v) is 6.47. The van der Waals surface area contributed by atoms with Crippen molar-refractivity contribution in [3.63, 3.8) is 0 Å². The number of hydrogen-bond acceptors (Lipinski definition) is 2. The van der Waals surface area contributed by atoms with E-state index in [9.17, 15) is 4.79 Å². The summed E-state index contributed by atoms with van der Waals surface area (Å²) in [7, 11) is 0. The van der Waals surface area contributed by atoms with Gasteiger partial charge in [-0.25, -0.2) is 0 Å². The van der Waals surface area contributed by atoms with Gasteiger partial charge in [0.2, 0.25) is 5.24 Å². The Bertz CT molecular complexity index is 128. The summed E-state index contributed by atoms with van der Waals surface area (Å²) < 4.78 is 0. The Morgan fingerprint density at radius 3 is 2.20 bits per heavy atom. The molecule has 0 amide bonds. The van der Waals surface area contributed by atoms with Crippen LogP contribution in [0.1, 0.15) is 25.7 Å². The fraction of sp³-hybridized carbons (Fsp3) is 0.857. The van der Waals surface area contributed by atoms with Crippen molar-refractivity contribution in [1.29, 1.82) is 0 Å². The first-order valence-corrected chi connectivity index (χ1v) is 3.95. The van der Waals surface area contributed by atoms with Crippen LogP contribution < -0.4 is 0 Å². The number of rotatable bonds is 1. The molecule has 0 aromatic rings. The number of aliphatic hydroxyl groups is 1. The SMILES string of the molecule is O=C(Cl)[C@H]1CC[C@H](O)CC1. The molecular weight excluding hydrogens is 152 g/mol. The molecule has 0 aromatic carbocycles. The van der Waals surface area contributed by atoms with Gasteiger partial charge >= 0.3 is 0 Å². The molecule has 0 radical (unpaired) electrons. The van der Waals surface area contributed by atoms with Crippen LogP contribution >= 0.6 is 11.6 Å². The molecule has 0 bridgehead atoms. The van der Waals surface area contributed by atoms with Crippen LogP contribution in [0.15, 0.2) is 0 Å². The van der Waals surface area contributed by atoms with Gasteiger partial charge in [0.25, 0.3) is 0 Å². The van der Waals surface area contributed by atoms with E-state index in [1.165, 1.54) is 0 Å². The first-order chi connectivity index (χ1) is 4.70. The van der Waals surface area contributed by atoms with Gasteiger partial charge in [0.15, 0.2) is 0 Å². The number of halogens is 1. The quantitative estimate of drug-likeness (QED) is 0.591. The Balaban J connectivity index is 2.33. The zero-order valence-electron chi connectivity index (χ0n) is 5.72. The van der Waals surface area contributed by atoms with Crippen molar-refractivity contribution in [2.24, 2.45) is 5.92 Å². The Kier molecular flexibility index (Phi) is 2.69. The largest absolute Gasteiger partial charge is 0.393 e. The maximum atomic E-state index is 10.6. The first kappa shape index (κ1) is 8.02. The minimum absolute atomic E-state index is 0.00469. The summed E-state index contributed by atoms with van der Waals surface area (Å²) in [5, 5.41) is 8.81. The summed E-state index contributed by atoms with van der Waals surface area (Å²) in [6, 6.07) is 0. The average molecular weight is 163 g/mol. The topological polar surface area (TPSA) is 37.3 Å². The van der Waals surface area contributed by atoms with Crippen molar-refractivity contribution in [2.45, 2.75) is 31.8 Å². The molecule has 0 unspecified atom stereocenters. The summed E-state index contributed by atoms with van der Waals surface area (Å²) in [6.07, 6.45) is 2.76. The monoisotopic (exact) mass is 162 g/mol. The molecule has 2 nitrogen and oxygen atoms in total. The molecule has 1 saturated carbocycles.